The monoisotopic (exact) mass is 335 g/mol. The summed E-state index contributed by atoms with van der Waals surface area (Å²) in [5.41, 5.74) is 3.79. The van der Waals surface area contributed by atoms with E-state index in [1.807, 2.05) is 32.0 Å². The molecular formula is C18H17N5O2. The zero-order valence-electron chi connectivity index (χ0n) is 13.9. The lowest BCUT2D eigenvalue weighted by Crippen LogP contribution is -2.25. The van der Waals surface area contributed by atoms with Crippen LogP contribution in [0.1, 0.15) is 34.7 Å². The standard InChI is InChI=1S/C18H17N5O2/c1-10-5-3-4-6-12(10)13-9-16(25)19-18-17(13)11(2)22-23(18)14-7-8-15(24)21-20-14/h3-8,13H,9H2,1-2H3,(H,19,25)(H,21,24). The fourth-order valence-corrected chi connectivity index (χ4v) is 3.41. The summed E-state index contributed by atoms with van der Waals surface area (Å²) >= 11 is 0. The largest absolute Gasteiger partial charge is 0.310 e. The fourth-order valence-electron chi connectivity index (χ4n) is 3.41. The molecule has 7 nitrogen and oxygen atoms in total. The van der Waals surface area contributed by atoms with Crippen molar-refractivity contribution in [2.24, 2.45) is 0 Å². The molecular weight excluding hydrogens is 318 g/mol. The van der Waals surface area contributed by atoms with Gasteiger partial charge in [-0.3, -0.25) is 9.59 Å². The lowest BCUT2D eigenvalue weighted by molar-refractivity contribution is -0.116. The minimum Gasteiger partial charge on any atom is -0.310 e. The predicted octanol–water partition coefficient (Wildman–Crippen LogP) is 2.05. The van der Waals surface area contributed by atoms with Crippen molar-refractivity contribution >= 4 is 11.7 Å². The first-order valence-electron chi connectivity index (χ1n) is 8.05. The minimum atomic E-state index is -0.289. The lowest BCUT2D eigenvalue weighted by atomic mass is 9.84. The van der Waals surface area contributed by atoms with E-state index in [1.54, 1.807) is 10.7 Å². The number of benzene rings is 1. The van der Waals surface area contributed by atoms with E-state index >= 15 is 0 Å². The summed E-state index contributed by atoms with van der Waals surface area (Å²) in [7, 11) is 0. The molecule has 0 fully saturated rings. The number of carbonyl (C=O) groups excluding carboxylic acids is 1. The quantitative estimate of drug-likeness (QED) is 0.749. The van der Waals surface area contributed by atoms with Crippen LogP contribution in [0, 0.1) is 13.8 Å². The van der Waals surface area contributed by atoms with Gasteiger partial charge in [-0.2, -0.15) is 14.9 Å². The summed E-state index contributed by atoms with van der Waals surface area (Å²) in [4.78, 5) is 23.6. The second-order valence-electron chi connectivity index (χ2n) is 6.20. The van der Waals surface area contributed by atoms with E-state index in [4.69, 9.17) is 0 Å². The molecule has 0 aliphatic carbocycles. The highest BCUT2D eigenvalue weighted by Gasteiger charge is 2.33. The number of hydrogen-bond donors (Lipinski definition) is 2. The number of nitrogens with one attached hydrogen (secondary N) is 2. The molecule has 1 atom stereocenters. The maximum Gasteiger partial charge on any atom is 0.264 e. The minimum absolute atomic E-state index is 0.0542. The number of carbonyl (C=O) groups is 1. The van der Waals surface area contributed by atoms with Crippen LogP contribution in [0.2, 0.25) is 0 Å². The number of fused-ring (bicyclic) bond motifs is 1. The van der Waals surface area contributed by atoms with Crippen LogP contribution < -0.4 is 10.9 Å². The smallest absolute Gasteiger partial charge is 0.264 e. The number of rotatable bonds is 2. The number of aromatic amines is 1. The molecule has 0 radical (unpaired) electrons. The van der Waals surface area contributed by atoms with Crippen LogP contribution in [0.4, 0.5) is 5.82 Å². The number of H-pyrrole nitrogens is 1. The molecule has 0 saturated heterocycles. The van der Waals surface area contributed by atoms with Gasteiger partial charge in [0.1, 0.15) is 5.82 Å². The summed E-state index contributed by atoms with van der Waals surface area (Å²) in [5.74, 6) is 0.948. The molecule has 1 aromatic carbocycles. The van der Waals surface area contributed by atoms with Gasteiger partial charge < -0.3 is 5.32 Å². The SMILES string of the molecule is Cc1ccccc1C1CC(=O)Nc2c1c(C)nn2-c1ccc(=O)[nH]n1. The van der Waals surface area contributed by atoms with Crippen molar-refractivity contribution in [3.05, 3.63) is 69.1 Å². The van der Waals surface area contributed by atoms with Crippen LogP contribution in [-0.2, 0) is 4.79 Å². The van der Waals surface area contributed by atoms with Crippen LogP contribution >= 0.6 is 0 Å². The van der Waals surface area contributed by atoms with E-state index in [-0.39, 0.29) is 17.4 Å². The second-order valence-corrected chi connectivity index (χ2v) is 6.20. The third-order valence-corrected chi connectivity index (χ3v) is 4.55. The Bertz CT molecular complexity index is 1010. The number of amides is 1. The summed E-state index contributed by atoms with van der Waals surface area (Å²) in [6.07, 6.45) is 0.378. The fraction of sp³-hybridized carbons (Fsp3) is 0.222. The van der Waals surface area contributed by atoms with Gasteiger partial charge in [0.05, 0.1) is 5.69 Å². The molecule has 3 heterocycles. The highest BCUT2D eigenvalue weighted by atomic mass is 16.1. The molecule has 1 amide bonds. The number of hydrogen-bond acceptors (Lipinski definition) is 4. The first-order valence-corrected chi connectivity index (χ1v) is 8.05. The molecule has 1 aliphatic heterocycles. The van der Waals surface area contributed by atoms with Gasteiger partial charge in [-0.25, -0.2) is 5.10 Å². The Morgan fingerprint density at radius 1 is 1.12 bits per heavy atom. The lowest BCUT2D eigenvalue weighted by Gasteiger charge is -2.25. The number of aryl methyl sites for hydroxylation is 2. The van der Waals surface area contributed by atoms with Crippen molar-refractivity contribution in [1.82, 2.24) is 20.0 Å². The molecule has 126 valence electrons. The molecule has 3 aromatic rings. The third-order valence-electron chi connectivity index (χ3n) is 4.55. The van der Waals surface area contributed by atoms with Crippen molar-refractivity contribution in [2.45, 2.75) is 26.2 Å². The van der Waals surface area contributed by atoms with Crippen LogP contribution in [-0.4, -0.2) is 25.9 Å². The number of aromatic nitrogens is 4. The molecule has 7 heteroatoms. The van der Waals surface area contributed by atoms with Gasteiger partial charge in [0.2, 0.25) is 5.91 Å². The Hall–Kier alpha value is -3.22. The van der Waals surface area contributed by atoms with Gasteiger partial charge in [-0.15, -0.1) is 0 Å². The van der Waals surface area contributed by atoms with Crippen molar-refractivity contribution in [1.29, 1.82) is 0 Å². The second kappa shape index (κ2) is 5.70. The molecule has 2 N–H and O–H groups in total. The Morgan fingerprint density at radius 3 is 2.64 bits per heavy atom. The van der Waals surface area contributed by atoms with Gasteiger partial charge in [-0.1, -0.05) is 24.3 Å². The van der Waals surface area contributed by atoms with Crippen molar-refractivity contribution < 1.29 is 4.79 Å². The molecule has 25 heavy (non-hydrogen) atoms. The van der Waals surface area contributed by atoms with Crippen molar-refractivity contribution in [3.63, 3.8) is 0 Å². The molecule has 1 aliphatic rings. The van der Waals surface area contributed by atoms with E-state index in [9.17, 15) is 9.59 Å². The Balaban J connectivity index is 1.91. The van der Waals surface area contributed by atoms with Gasteiger partial charge in [0.15, 0.2) is 5.82 Å². The zero-order valence-corrected chi connectivity index (χ0v) is 13.9. The molecule has 0 bridgehead atoms. The highest BCUT2D eigenvalue weighted by Crippen LogP contribution is 2.40. The average Bonchev–Trinajstić information content (AvgIpc) is 2.92. The third kappa shape index (κ3) is 2.53. The summed E-state index contributed by atoms with van der Waals surface area (Å²) in [5, 5.41) is 13.9. The maximum absolute atomic E-state index is 12.3. The molecule has 0 saturated carbocycles. The number of nitrogens with zero attached hydrogens (tertiary/aromatic N) is 3. The van der Waals surface area contributed by atoms with Gasteiger partial charge in [0, 0.05) is 24.0 Å². The van der Waals surface area contributed by atoms with Crippen molar-refractivity contribution in [2.75, 3.05) is 5.32 Å². The zero-order chi connectivity index (χ0) is 17.6. The van der Waals surface area contributed by atoms with Crippen molar-refractivity contribution in [3.8, 4) is 5.82 Å². The maximum atomic E-state index is 12.3. The first-order chi connectivity index (χ1) is 12.0. The van der Waals surface area contributed by atoms with E-state index in [0.29, 0.717) is 18.1 Å². The molecule has 2 aromatic heterocycles. The molecule has 4 rings (SSSR count). The topological polar surface area (TPSA) is 92.7 Å². The Morgan fingerprint density at radius 2 is 1.92 bits per heavy atom. The van der Waals surface area contributed by atoms with E-state index in [1.165, 1.54) is 6.07 Å². The van der Waals surface area contributed by atoms with E-state index in [0.717, 1.165) is 22.4 Å². The Labute approximate surface area is 143 Å². The van der Waals surface area contributed by atoms with Gasteiger partial charge >= 0.3 is 0 Å². The Kier molecular flexibility index (Phi) is 3.49. The predicted molar refractivity (Wildman–Crippen MR) is 93.0 cm³/mol. The summed E-state index contributed by atoms with van der Waals surface area (Å²) < 4.78 is 1.57. The van der Waals surface area contributed by atoms with Gasteiger partial charge in [-0.05, 0) is 31.0 Å². The molecule has 1 unspecified atom stereocenters. The number of anilines is 1. The van der Waals surface area contributed by atoms with Crippen LogP contribution in [0.3, 0.4) is 0 Å². The molecule has 0 spiro atoms. The highest BCUT2D eigenvalue weighted by molar-refractivity contribution is 5.95. The van der Waals surface area contributed by atoms with E-state index in [2.05, 4.69) is 26.7 Å². The van der Waals surface area contributed by atoms with Crippen LogP contribution in [0.25, 0.3) is 5.82 Å². The van der Waals surface area contributed by atoms with Gasteiger partial charge in [0.25, 0.3) is 5.56 Å². The average molecular weight is 335 g/mol. The summed E-state index contributed by atoms with van der Waals surface area (Å²) in [6.45, 7) is 3.97. The van der Waals surface area contributed by atoms with E-state index < -0.39 is 0 Å². The first kappa shape index (κ1) is 15.3. The normalized spacial score (nSPS) is 16.4. The summed E-state index contributed by atoms with van der Waals surface area (Å²) in [6, 6.07) is 11.0. The van der Waals surface area contributed by atoms with Crippen LogP contribution in [0.5, 0.6) is 0 Å². The van der Waals surface area contributed by atoms with Crippen LogP contribution in [0.15, 0.2) is 41.2 Å².